The molecule has 0 saturated heterocycles. The molecule has 1 aliphatic carbocycles. The molecule has 0 fully saturated rings. The number of nitrogens with zero attached hydrogens (tertiary/aromatic N) is 2. The fourth-order valence-electron chi connectivity index (χ4n) is 2.87. The highest BCUT2D eigenvalue weighted by Gasteiger charge is 2.34. The Morgan fingerprint density at radius 1 is 1.50 bits per heavy atom. The molecule has 0 radical (unpaired) electrons. The van der Waals surface area contributed by atoms with Gasteiger partial charge in [-0.25, -0.2) is 0 Å². The van der Waals surface area contributed by atoms with Gasteiger partial charge in [0.25, 0.3) is 0 Å². The Hall–Kier alpha value is -1.36. The maximum Gasteiger partial charge on any atom is 0.0834 e. The van der Waals surface area contributed by atoms with Crippen LogP contribution in [0.5, 0.6) is 0 Å². The molecule has 2 aromatic rings. The highest BCUT2D eigenvalue weighted by atomic mass is 35.5. The van der Waals surface area contributed by atoms with Crippen LogP contribution in [0.25, 0.3) is 0 Å². The van der Waals surface area contributed by atoms with Gasteiger partial charge in [-0.15, -0.1) is 0 Å². The van der Waals surface area contributed by atoms with E-state index in [0.29, 0.717) is 24.1 Å². The molecule has 1 aromatic heterocycles. The predicted molar refractivity (Wildman–Crippen MR) is 78.9 cm³/mol. The normalized spacial score (nSPS) is 18.4. The van der Waals surface area contributed by atoms with Crippen molar-refractivity contribution >= 4 is 11.6 Å². The number of nitrogens with two attached hydrogens (primary N) is 1. The number of methoxy groups -OCH3 is 1. The van der Waals surface area contributed by atoms with Crippen LogP contribution in [0.1, 0.15) is 28.8 Å². The van der Waals surface area contributed by atoms with Gasteiger partial charge in [-0.05, 0) is 17.5 Å². The van der Waals surface area contributed by atoms with Crippen molar-refractivity contribution in [1.29, 1.82) is 0 Å². The standard InChI is InChI=1S/C15H18ClN3O/c1-20-7-6-19-15(13(16)9-18-19)14(17)12-8-10-4-2-3-5-11(10)12/h2-5,9,12,14H,6-8,17H2,1H3. The molecule has 1 aromatic carbocycles. The third-order valence-corrected chi connectivity index (χ3v) is 4.28. The lowest BCUT2D eigenvalue weighted by atomic mass is 9.73. The van der Waals surface area contributed by atoms with E-state index in [1.807, 2.05) is 4.68 Å². The average Bonchev–Trinajstić information content (AvgIpc) is 2.79. The van der Waals surface area contributed by atoms with E-state index in [4.69, 9.17) is 22.1 Å². The molecule has 0 bridgehead atoms. The van der Waals surface area contributed by atoms with Crippen LogP contribution in [-0.4, -0.2) is 23.5 Å². The monoisotopic (exact) mass is 291 g/mol. The number of benzene rings is 1. The van der Waals surface area contributed by atoms with E-state index >= 15 is 0 Å². The summed E-state index contributed by atoms with van der Waals surface area (Å²) in [5.74, 6) is 0.321. The van der Waals surface area contributed by atoms with Crippen molar-refractivity contribution in [1.82, 2.24) is 9.78 Å². The van der Waals surface area contributed by atoms with Gasteiger partial charge in [0.1, 0.15) is 0 Å². The quantitative estimate of drug-likeness (QED) is 0.921. The first-order chi connectivity index (χ1) is 9.72. The van der Waals surface area contributed by atoms with E-state index < -0.39 is 0 Å². The SMILES string of the molecule is COCCn1ncc(Cl)c1C(N)C1Cc2ccccc21. The van der Waals surface area contributed by atoms with Crippen LogP contribution in [-0.2, 0) is 17.7 Å². The molecular weight excluding hydrogens is 274 g/mol. The third kappa shape index (κ3) is 2.24. The molecule has 0 aliphatic heterocycles. The van der Waals surface area contributed by atoms with E-state index in [2.05, 4.69) is 29.4 Å². The first-order valence-electron chi connectivity index (χ1n) is 6.76. The fraction of sp³-hybridized carbons (Fsp3) is 0.400. The van der Waals surface area contributed by atoms with Crippen LogP contribution in [0.15, 0.2) is 30.5 Å². The summed E-state index contributed by atoms with van der Waals surface area (Å²) in [5, 5.41) is 4.93. The summed E-state index contributed by atoms with van der Waals surface area (Å²) in [6.07, 6.45) is 2.67. The molecule has 2 N–H and O–H groups in total. The Balaban J connectivity index is 1.85. The van der Waals surface area contributed by atoms with Crippen molar-refractivity contribution < 1.29 is 4.74 Å². The Morgan fingerprint density at radius 3 is 3.05 bits per heavy atom. The van der Waals surface area contributed by atoms with Crippen molar-refractivity contribution in [2.75, 3.05) is 13.7 Å². The zero-order valence-electron chi connectivity index (χ0n) is 11.4. The highest BCUT2D eigenvalue weighted by molar-refractivity contribution is 6.31. The molecule has 20 heavy (non-hydrogen) atoms. The van der Waals surface area contributed by atoms with E-state index in [1.165, 1.54) is 11.1 Å². The van der Waals surface area contributed by atoms with E-state index in [0.717, 1.165) is 12.1 Å². The van der Waals surface area contributed by atoms with Gasteiger partial charge < -0.3 is 10.5 Å². The van der Waals surface area contributed by atoms with Gasteiger partial charge in [-0.1, -0.05) is 35.9 Å². The lowest BCUT2D eigenvalue weighted by Crippen LogP contribution is -2.31. The number of rotatable bonds is 5. The molecule has 0 spiro atoms. The molecule has 3 rings (SSSR count). The minimum Gasteiger partial charge on any atom is -0.383 e. The van der Waals surface area contributed by atoms with Crippen molar-refractivity contribution in [3.63, 3.8) is 0 Å². The summed E-state index contributed by atoms with van der Waals surface area (Å²) in [4.78, 5) is 0. The van der Waals surface area contributed by atoms with Crippen LogP contribution in [0, 0.1) is 0 Å². The molecular formula is C15H18ClN3O. The van der Waals surface area contributed by atoms with Crippen molar-refractivity contribution in [3.05, 3.63) is 52.3 Å². The maximum absolute atomic E-state index is 6.45. The smallest absolute Gasteiger partial charge is 0.0834 e. The first-order valence-corrected chi connectivity index (χ1v) is 7.13. The second-order valence-electron chi connectivity index (χ2n) is 5.13. The van der Waals surface area contributed by atoms with Gasteiger partial charge in [0.2, 0.25) is 0 Å². The lowest BCUT2D eigenvalue weighted by Gasteiger charge is -2.35. The minimum atomic E-state index is -0.128. The summed E-state index contributed by atoms with van der Waals surface area (Å²) < 4.78 is 6.96. The summed E-state index contributed by atoms with van der Waals surface area (Å²) >= 11 is 6.27. The molecule has 106 valence electrons. The average molecular weight is 292 g/mol. The number of fused-ring (bicyclic) bond motifs is 1. The van der Waals surface area contributed by atoms with Crippen molar-refractivity contribution in [3.8, 4) is 0 Å². The Bertz CT molecular complexity index is 611. The molecule has 5 heteroatoms. The summed E-state index contributed by atoms with van der Waals surface area (Å²) in [6.45, 7) is 1.26. The second kappa shape index (κ2) is 5.56. The van der Waals surface area contributed by atoms with Crippen LogP contribution in [0.3, 0.4) is 0 Å². The number of hydrogen-bond donors (Lipinski definition) is 1. The van der Waals surface area contributed by atoms with E-state index in [9.17, 15) is 0 Å². The van der Waals surface area contributed by atoms with Crippen molar-refractivity contribution in [2.24, 2.45) is 5.73 Å². The molecule has 2 unspecified atom stereocenters. The molecule has 1 aliphatic rings. The Morgan fingerprint density at radius 2 is 2.30 bits per heavy atom. The predicted octanol–water partition coefficient (Wildman–Crippen LogP) is 2.52. The number of halogens is 1. The van der Waals surface area contributed by atoms with Gasteiger partial charge in [0, 0.05) is 13.0 Å². The van der Waals surface area contributed by atoms with Crippen LogP contribution in [0.2, 0.25) is 5.02 Å². The van der Waals surface area contributed by atoms with E-state index in [-0.39, 0.29) is 6.04 Å². The molecule has 0 saturated carbocycles. The second-order valence-corrected chi connectivity index (χ2v) is 5.54. The minimum absolute atomic E-state index is 0.128. The molecule has 4 nitrogen and oxygen atoms in total. The lowest BCUT2D eigenvalue weighted by molar-refractivity contribution is 0.181. The van der Waals surface area contributed by atoms with Gasteiger partial charge in [0.15, 0.2) is 0 Å². The van der Waals surface area contributed by atoms with Gasteiger partial charge >= 0.3 is 0 Å². The number of aromatic nitrogens is 2. The van der Waals surface area contributed by atoms with Crippen molar-refractivity contribution in [2.45, 2.75) is 24.9 Å². The van der Waals surface area contributed by atoms with Crippen LogP contribution in [0.4, 0.5) is 0 Å². The Kier molecular flexibility index (Phi) is 3.78. The summed E-state index contributed by atoms with van der Waals surface area (Å²) in [5.41, 5.74) is 10.1. The van der Waals surface area contributed by atoms with Gasteiger partial charge in [-0.3, -0.25) is 4.68 Å². The number of hydrogen-bond acceptors (Lipinski definition) is 3. The van der Waals surface area contributed by atoms with E-state index in [1.54, 1.807) is 13.3 Å². The molecule has 1 heterocycles. The number of ether oxygens (including phenoxy) is 1. The zero-order valence-corrected chi connectivity index (χ0v) is 12.2. The Labute approximate surface area is 123 Å². The highest BCUT2D eigenvalue weighted by Crippen LogP contribution is 2.43. The summed E-state index contributed by atoms with van der Waals surface area (Å²) in [7, 11) is 1.67. The van der Waals surface area contributed by atoms with Gasteiger partial charge in [-0.2, -0.15) is 5.10 Å². The van der Waals surface area contributed by atoms with Gasteiger partial charge in [0.05, 0.1) is 36.1 Å². The largest absolute Gasteiger partial charge is 0.383 e. The molecule has 2 atom stereocenters. The third-order valence-electron chi connectivity index (χ3n) is 3.98. The summed E-state index contributed by atoms with van der Waals surface area (Å²) in [6, 6.07) is 8.30. The fourth-order valence-corrected chi connectivity index (χ4v) is 3.14. The molecule has 0 amide bonds. The van der Waals surface area contributed by atoms with Crippen LogP contribution < -0.4 is 5.73 Å². The first kappa shape index (κ1) is 13.6. The zero-order chi connectivity index (χ0) is 14.1. The van der Waals surface area contributed by atoms with Crippen LogP contribution >= 0.6 is 11.6 Å². The topological polar surface area (TPSA) is 53.1 Å². The maximum atomic E-state index is 6.45.